The normalized spacial score (nSPS) is 13.0. The molecule has 0 bridgehead atoms. The van der Waals surface area contributed by atoms with Gasteiger partial charge in [-0.2, -0.15) is 0 Å². The van der Waals surface area contributed by atoms with E-state index in [-0.39, 0.29) is 0 Å². The van der Waals surface area contributed by atoms with E-state index < -0.39 is 6.23 Å². The van der Waals surface area contributed by atoms with Gasteiger partial charge in [-0.25, -0.2) is 4.98 Å². The Balaban J connectivity index is 2.93. The highest BCUT2D eigenvalue weighted by molar-refractivity contribution is 5.41. The molecule has 0 saturated heterocycles. The average molecular weight is 194 g/mol. The number of nitrogens with zero attached hydrogens (tertiary/aromatic N) is 2. The Morgan fingerprint density at radius 2 is 2.00 bits per heavy atom. The number of aliphatic hydroxyl groups is 1. The third-order valence-electron chi connectivity index (χ3n) is 2.36. The van der Waals surface area contributed by atoms with Crippen molar-refractivity contribution in [2.75, 3.05) is 11.9 Å². The monoisotopic (exact) mass is 194 g/mol. The van der Waals surface area contributed by atoms with Gasteiger partial charge in [0.15, 0.2) is 0 Å². The molecule has 1 atom stereocenters. The van der Waals surface area contributed by atoms with E-state index in [9.17, 15) is 5.11 Å². The minimum atomic E-state index is -0.509. The summed E-state index contributed by atoms with van der Waals surface area (Å²) in [5.41, 5.74) is 1.24. The van der Waals surface area contributed by atoms with Crippen molar-refractivity contribution in [3.8, 4) is 0 Å². The van der Waals surface area contributed by atoms with Crippen molar-refractivity contribution in [1.82, 2.24) is 4.98 Å². The van der Waals surface area contributed by atoms with Gasteiger partial charge in [0.05, 0.1) is 0 Å². The van der Waals surface area contributed by atoms with Gasteiger partial charge in [-0.3, -0.25) is 0 Å². The fraction of sp³-hybridized carbons (Fsp3) is 0.545. The number of hydrogen-bond acceptors (Lipinski definition) is 3. The van der Waals surface area contributed by atoms with E-state index in [1.54, 1.807) is 18.0 Å². The molecular weight excluding hydrogens is 176 g/mol. The molecule has 0 radical (unpaired) electrons. The zero-order valence-electron chi connectivity index (χ0n) is 9.23. The van der Waals surface area contributed by atoms with Gasteiger partial charge >= 0.3 is 0 Å². The minimum Gasteiger partial charge on any atom is -0.374 e. The van der Waals surface area contributed by atoms with Gasteiger partial charge in [0, 0.05) is 13.2 Å². The van der Waals surface area contributed by atoms with Crippen LogP contribution in [0.15, 0.2) is 18.3 Å². The Morgan fingerprint density at radius 3 is 2.50 bits per heavy atom. The van der Waals surface area contributed by atoms with E-state index in [1.807, 2.05) is 19.2 Å². The van der Waals surface area contributed by atoms with Gasteiger partial charge in [-0.05, 0) is 30.5 Å². The fourth-order valence-corrected chi connectivity index (χ4v) is 1.18. The summed E-state index contributed by atoms with van der Waals surface area (Å²) in [5.74, 6) is 1.30. The van der Waals surface area contributed by atoms with Crippen molar-refractivity contribution in [3.63, 3.8) is 0 Å². The molecular formula is C11H18N2O. The Bertz CT molecular complexity index is 297. The first-order chi connectivity index (χ1) is 6.52. The molecule has 0 amide bonds. The van der Waals surface area contributed by atoms with Crippen LogP contribution in [-0.2, 0) is 0 Å². The standard InChI is InChI=1S/C11H18N2O/c1-8(2)10-5-6-12-11(7-10)13(4)9(3)14/h5-9,14H,1-4H3. The molecule has 0 aliphatic rings. The molecule has 14 heavy (non-hydrogen) atoms. The second kappa shape index (κ2) is 4.42. The first-order valence-corrected chi connectivity index (χ1v) is 4.89. The average Bonchev–Trinajstić information content (AvgIpc) is 2.16. The molecule has 0 fully saturated rings. The lowest BCUT2D eigenvalue weighted by Gasteiger charge is -2.22. The lowest BCUT2D eigenvalue weighted by molar-refractivity contribution is 0.194. The molecule has 3 nitrogen and oxygen atoms in total. The first-order valence-electron chi connectivity index (χ1n) is 4.89. The minimum absolute atomic E-state index is 0.485. The smallest absolute Gasteiger partial charge is 0.130 e. The molecule has 0 aromatic carbocycles. The highest BCUT2D eigenvalue weighted by atomic mass is 16.3. The van der Waals surface area contributed by atoms with E-state index >= 15 is 0 Å². The van der Waals surface area contributed by atoms with E-state index in [2.05, 4.69) is 18.8 Å². The molecule has 1 N–H and O–H groups in total. The van der Waals surface area contributed by atoms with E-state index in [0.717, 1.165) is 5.82 Å². The zero-order valence-corrected chi connectivity index (χ0v) is 9.23. The van der Waals surface area contributed by atoms with Crippen LogP contribution in [0.2, 0.25) is 0 Å². The van der Waals surface area contributed by atoms with E-state index in [1.165, 1.54) is 5.56 Å². The number of rotatable bonds is 3. The van der Waals surface area contributed by atoms with Crippen LogP contribution in [0, 0.1) is 0 Å². The molecule has 1 aromatic heterocycles. The molecule has 1 heterocycles. The third-order valence-corrected chi connectivity index (χ3v) is 2.36. The number of aliphatic hydroxyl groups excluding tert-OH is 1. The van der Waals surface area contributed by atoms with Crippen molar-refractivity contribution in [2.45, 2.75) is 32.9 Å². The van der Waals surface area contributed by atoms with Crippen LogP contribution >= 0.6 is 0 Å². The predicted molar refractivity (Wildman–Crippen MR) is 58.4 cm³/mol. The second-order valence-corrected chi connectivity index (χ2v) is 3.84. The van der Waals surface area contributed by atoms with Crippen LogP contribution in [0.4, 0.5) is 5.82 Å². The second-order valence-electron chi connectivity index (χ2n) is 3.84. The Kier molecular flexibility index (Phi) is 3.47. The summed E-state index contributed by atoms with van der Waals surface area (Å²) in [5, 5.41) is 9.39. The number of anilines is 1. The number of pyridine rings is 1. The molecule has 1 unspecified atom stereocenters. The summed E-state index contributed by atoms with van der Waals surface area (Å²) >= 11 is 0. The van der Waals surface area contributed by atoms with Crippen molar-refractivity contribution < 1.29 is 5.11 Å². The summed E-state index contributed by atoms with van der Waals surface area (Å²) in [7, 11) is 1.83. The topological polar surface area (TPSA) is 36.4 Å². The summed E-state index contributed by atoms with van der Waals surface area (Å²) < 4.78 is 0. The SMILES string of the molecule is CC(C)c1ccnc(N(C)C(C)O)c1. The summed E-state index contributed by atoms with van der Waals surface area (Å²) in [6, 6.07) is 4.02. The Hall–Kier alpha value is -1.09. The van der Waals surface area contributed by atoms with Crippen molar-refractivity contribution in [3.05, 3.63) is 23.9 Å². The molecule has 0 aliphatic heterocycles. The molecule has 0 spiro atoms. The molecule has 0 aliphatic carbocycles. The Morgan fingerprint density at radius 1 is 1.36 bits per heavy atom. The van der Waals surface area contributed by atoms with Gasteiger partial charge in [0.25, 0.3) is 0 Å². The van der Waals surface area contributed by atoms with Gasteiger partial charge in [-0.1, -0.05) is 13.8 Å². The maximum Gasteiger partial charge on any atom is 0.130 e. The van der Waals surface area contributed by atoms with Gasteiger partial charge in [-0.15, -0.1) is 0 Å². The third kappa shape index (κ3) is 2.45. The molecule has 3 heteroatoms. The van der Waals surface area contributed by atoms with E-state index in [4.69, 9.17) is 0 Å². The van der Waals surface area contributed by atoms with Gasteiger partial charge in [0.2, 0.25) is 0 Å². The fourth-order valence-electron chi connectivity index (χ4n) is 1.18. The van der Waals surface area contributed by atoms with Crippen LogP contribution < -0.4 is 4.90 Å². The largest absolute Gasteiger partial charge is 0.374 e. The van der Waals surface area contributed by atoms with Crippen molar-refractivity contribution >= 4 is 5.82 Å². The Labute approximate surface area is 85.4 Å². The maximum absolute atomic E-state index is 9.39. The van der Waals surface area contributed by atoms with Crippen LogP contribution in [0.5, 0.6) is 0 Å². The quantitative estimate of drug-likeness (QED) is 0.747. The molecule has 0 saturated carbocycles. The summed E-state index contributed by atoms with van der Waals surface area (Å²) in [6.07, 6.45) is 1.27. The lowest BCUT2D eigenvalue weighted by atomic mass is 10.1. The van der Waals surface area contributed by atoms with Crippen molar-refractivity contribution in [2.24, 2.45) is 0 Å². The van der Waals surface area contributed by atoms with Crippen LogP contribution in [0.1, 0.15) is 32.3 Å². The van der Waals surface area contributed by atoms with Crippen LogP contribution in [-0.4, -0.2) is 23.4 Å². The zero-order chi connectivity index (χ0) is 10.7. The highest BCUT2D eigenvalue weighted by Crippen LogP contribution is 2.18. The predicted octanol–water partition coefficient (Wildman–Crippen LogP) is 1.98. The van der Waals surface area contributed by atoms with Crippen LogP contribution in [0.3, 0.4) is 0 Å². The van der Waals surface area contributed by atoms with E-state index in [0.29, 0.717) is 5.92 Å². The van der Waals surface area contributed by atoms with Crippen molar-refractivity contribution in [1.29, 1.82) is 0 Å². The molecule has 1 rings (SSSR count). The highest BCUT2D eigenvalue weighted by Gasteiger charge is 2.08. The lowest BCUT2D eigenvalue weighted by Crippen LogP contribution is -2.28. The maximum atomic E-state index is 9.39. The summed E-state index contributed by atoms with van der Waals surface area (Å²) in [6.45, 7) is 6.01. The summed E-state index contributed by atoms with van der Waals surface area (Å²) in [4.78, 5) is 5.95. The molecule has 1 aromatic rings. The van der Waals surface area contributed by atoms with Crippen LogP contribution in [0.25, 0.3) is 0 Å². The first kappa shape index (κ1) is 11.0. The number of hydrogen-bond donors (Lipinski definition) is 1. The van der Waals surface area contributed by atoms with Gasteiger partial charge < -0.3 is 10.0 Å². The molecule has 78 valence electrons. The number of aromatic nitrogens is 1. The van der Waals surface area contributed by atoms with Gasteiger partial charge in [0.1, 0.15) is 12.0 Å².